The van der Waals surface area contributed by atoms with E-state index in [1.54, 1.807) is 48.5 Å². The van der Waals surface area contributed by atoms with Crippen molar-refractivity contribution in [3.8, 4) is 29.4 Å². The Labute approximate surface area is 247 Å². The van der Waals surface area contributed by atoms with Crippen molar-refractivity contribution in [2.75, 3.05) is 11.9 Å². The topological polar surface area (TPSA) is 104 Å². The van der Waals surface area contributed by atoms with Crippen LogP contribution in [0.3, 0.4) is 0 Å². The molecule has 204 valence electrons. The van der Waals surface area contributed by atoms with Gasteiger partial charge in [-0.25, -0.2) is 0 Å². The van der Waals surface area contributed by atoms with Gasteiger partial charge in [0.2, 0.25) is 0 Å². The number of rotatable bonds is 11. The summed E-state index contributed by atoms with van der Waals surface area (Å²) >= 11 is 3.51. The average molecular weight is 608 g/mol. The van der Waals surface area contributed by atoms with Crippen molar-refractivity contribution in [3.63, 3.8) is 0 Å². The minimum Gasteiger partial charge on any atom is -0.490 e. The summed E-state index contributed by atoms with van der Waals surface area (Å²) in [4.78, 5) is 12.9. The summed E-state index contributed by atoms with van der Waals surface area (Å²) in [7, 11) is 0. The van der Waals surface area contributed by atoms with Crippen molar-refractivity contribution >= 4 is 33.6 Å². The van der Waals surface area contributed by atoms with Gasteiger partial charge in [0.25, 0.3) is 5.91 Å². The minimum absolute atomic E-state index is 0.0887. The number of nitrogens with one attached hydrogen (secondary N) is 1. The smallest absolute Gasteiger partial charge is 0.266 e. The maximum absolute atomic E-state index is 12.9. The lowest BCUT2D eigenvalue weighted by Crippen LogP contribution is -2.13. The molecule has 0 saturated heterocycles. The van der Waals surface area contributed by atoms with Crippen LogP contribution in [0.5, 0.6) is 17.2 Å². The first-order valence-corrected chi connectivity index (χ1v) is 13.6. The second kappa shape index (κ2) is 14.4. The standard InChI is InChI=1S/C33H26BrN3O4/c1-2-39-31-17-26(30(34)18-32(31)41-22-25-11-7-6-10-24(25)19-35)16-27(20-36)33(38)37-28-12-14-29(15-13-28)40-21-23-8-4-3-5-9-23/h3-18H,2,21-22H2,1H3,(H,37,38)/b27-16+. The number of benzene rings is 4. The van der Waals surface area contributed by atoms with Crippen molar-refractivity contribution in [1.29, 1.82) is 10.5 Å². The van der Waals surface area contributed by atoms with Crippen LogP contribution in [-0.4, -0.2) is 12.5 Å². The maximum atomic E-state index is 12.9. The van der Waals surface area contributed by atoms with E-state index in [2.05, 4.69) is 27.3 Å². The molecule has 0 aromatic heterocycles. The van der Waals surface area contributed by atoms with E-state index < -0.39 is 5.91 Å². The molecule has 0 bridgehead atoms. The molecule has 1 amide bonds. The molecule has 0 heterocycles. The third-order valence-corrected chi connectivity index (χ3v) is 6.60. The van der Waals surface area contributed by atoms with Gasteiger partial charge < -0.3 is 19.5 Å². The predicted octanol–water partition coefficient (Wildman–Crippen LogP) is 7.42. The summed E-state index contributed by atoms with van der Waals surface area (Å²) in [5.74, 6) is 1.01. The van der Waals surface area contributed by atoms with E-state index in [1.807, 2.05) is 55.5 Å². The van der Waals surface area contributed by atoms with Crippen molar-refractivity contribution < 1.29 is 19.0 Å². The van der Waals surface area contributed by atoms with Gasteiger partial charge in [0.15, 0.2) is 11.5 Å². The maximum Gasteiger partial charge on any atom is 0.266 e. The van der Waals surface area contributed by atoms with Gasteiger partial charge in [0.05, 0.1) is 18.2 Å². The fraction of sp³-hybridized carbons (Fsp3) is 0.121. The highest BCUT2D eigenvalue weighted by molar-refractivity contribution is 9.10. The van der Waals surface area contributed by atoms with Crippen LogP contribution in [0, 0.1) is 22.7 Å². The lowest BCUT2D eigenvalue weighted by molar-refractivity contribution is -0.112. The van der Waals surface area contributed by atoms with Crippen LogP contribution in [-0.2, 0) is 18.0 Å². The Morgan fingerprint density at radius 2 is 1.59 bits per heavy atom. The van der Waals surface area contributed by atoms with Crippen molar-refractivity contribution in [1.82, 2.24) is 0 Å². The van der Waals surface area contributed by atoms with Gasteiger partial charge in [-0.1, -0.05) is 64.5 Å². The predicted molar refractivity (Wildman–Crippen MR) is 160 cm³/mol. The van der Waals surface area contributed by atoms with Gasteiger partial charge in [-0.15, -0.1) is 0 Å². The molecule has 0 atom stereocenters. The molecule has 0 radical (unpaired) electrons. The first-order chi connectivity index (χ1) is 20.0. The fourth-order valence-electron chi connectivity index (χ4n) is 3.83. The van der Waals surface area contributed by atoms with Crippen LogP contribution < -0.4 is 19.5 Å². The minimum atomic E-state index is -0.552. The number of carbonyl (C=O) groups excluding carboxylic acids is 1. The van der Waals surface area contributed by atoms with Crippen LogP contribution in [0.2, 0.25) is 0 Å². The number of nitriles is 2. The van der Waals surface area contributed by atoms with E-state index in [1.165, 1.54) is 6.08 Å². The Morgan fingerprint density at radius 1 is 0.878 bits per heavy atom. The van der Waals surface area contributed by atoms with Crippen LogP contribution in [0.15, 0.2) is 101 Å². The molecule has 0 aliphatic heterocycles. The summed E-state index contributed by atoms with van der Waals surface area (Å²) in [6, 6.07) is 31.5. The SMILES string of the molecule is CCOc1cc(/C=C(\C#N)C(=O)Nc2ccc(OCc3ccccc3)cc2)c(Br)cc1OCc1ccccc1C#N. The zero-order valence-electron chi connectivity index (χ0n) is 22.3. The summed E-state index contributed by atoms with van der Waals surface area (Å²) < 4.78 is 18.1. The molecule has 0 aliphatic carbocycles. The van der Waals surface area contributed by atoms with E-state index in [4.69, 9.17) is 14.2 Å². The van der Waals surface area contributed by atoms with E-state index in [-0.39, 0.29) is 12.2 Å². The fourth-order valence-corrected chi connectivity index (χ4v) is 4.27. The molecule has 0 unspecified atom stereocenters. The van der Waals surface area contributed by atoms with Gasteiger partial charge in [0.1, 0.15) is 30.6 Å². The molecule has 0 aliphatic rings. The lowest BCUT2D eigenvalue weighted by atomic mass is 10.1. The first-order valence-electron chi connectivity index (χ1n) is 12.8. The summed E-state index contributed by atoms with van der Waals surface area (Å²) in [5, 5.41) is 21.8. The van der Waals surface area contributed by atoms with Crippen LogP contribution >= 0.6 is 15.9 Å². The van der Waals surface area contributed by atoms with E-state index in [0.717, 1.165) is 11.1 Å². The van der Waals surface area contributed by atoms with Crippen molar-refractivity contribution in [2.24, 2.45) is 0 Å². The molecule has 4 aromatic rings. The molecule has 8 heteroatoms. The molecule has 0 fully saturated rings. The number of hydrogen-bond donors (Lipinski definition) is 1. The Kier molecular flexibility index (Phi) is 10.1. The Balaban J connectivity index is 1.46. The quantitative estimate of drug-likeness (QED) is 0.140. The largest absolute Gasteiger partial charge is 0.490 e. The summed E-state index contributed by atoms with van der Waals surface area (Å²) in [6.45, 7) is 2.84. The number of ether oxygens (including phenoxy) is 3. The van der Waals surface area contributed by atoms with Crippen molar-refractivity contribution in [3.05, 3.63) is 123 Å². The number of anilines is 1. The molecule has 4 aromatic carbocycles. The highest BCUT2D eigenvalue weighted by atomic mass is 79.9. The third kappa shape index (κ3) is 7.98. The van der Waals surface area contributed by atoms with Crippen LogP contribution in [0.1, 0.15) is 29.2 Å². The monoisotopic (exact) mass is 607 g/mol. The molecule has 0 saturated carbocycles. The molecule has 0 spiro atoms. The van der Waals surface area contributed by atoms with Crippen molar-refractivity contribution in [2.45, 2.75) is 20.1 Å². The number of hydrogen-bond acceptors (Lipinski definition) is 6. The second-order valence-electron chi connectivity index (χ2n) is 8.73. The number of nitrogens with zero attached hydrogens (tertiary/aromatic N) is 2. The normalized spacial score (nSPS) is 10.7. The van der Waals surface area contributed by atoms with Gasteiger partial charge in [-0.2, -0.15) is 10.5 Å². The zero-order valence-corrected chi connectivity index (χ0v) is 23.9. The zero-order chi connectivity index (χ0) is 29.0. The van der Waals surface area contributed by atoms with E-state index in [0.29, 0.717) is 51.7 Å². The molecule has 41 heavy (non-hydrogen) atoms. The second-order valence-corrected chi connectivity index (χ2v) is 9.59. The van der Waals surface area contributed by atoms with Gasteiger partial charge in [0, 0.05) is 15.7 Å². The number of carbonyl (C=O) groups is 1. The molecule has 7 nitrogen and oxygen atoms in total. The Bertz CT molecular complexity index is 1620. The highest BCUT2D eigenvalue weighted by Gasteiger charge is 2.15. The van der Waals surface area contributed by atoms with Crippen LogP contribution in [0.25, 0.3) is 6.08 Å². The molecule has 1 N–H and O–H groups in total. The van der Waals surface area contributed by atoms with E-state index >= 15 is 0 Å². The third-order valence-electron chi connectivity index (χ3n) is 5.91. The van der Waals surface area contributed by atoms with E-state index in [9.17, 15) is 15.3 Å². The Morgan fingerprint density at radius 3 is 2.29 bits per heavy atom. The molecular weight excluding hydrogens is 582 g/mol. The van der Waals surface area contributed by atoms with Gasteiger partial charge in [-0.05, 0) is 66.6 Å². The number of amides is 1. The first kappa shape index (κ1) is 28.9. The summed E-state index contributed by atoms with van der Waals surface area (Å²) in [5.41, 5.74) is 3.33. The van der Waals surface area contributed by atoms with Crippen LogP contribution in [0.4, 0.5) is 5.69 Å². The Hall–Kier alpha value is -5.05. The van der Waals surface area contributed by atoms with Gasteiger partial charge >= 0.3 is 0 Å². The molecule has 4 rings (SSSR count). The summed E-state index contributed by atoms with van der Waals surface area (Å²) in [6.07, 6.45) is 1.48. The highest BCUT2D eigenvalue weighted by Crippen LogP contribution is 2.35. The lowest BCUT2D eigenvalue weighted by Gasteiger charge is -2.15. The average Bonchev–Trinajstić information content (AvgIpc) is 3.00. The number of halogens is 1. The van der Waals surface area contributed by atoms with Gasteiger partial charge in [-0.3, -0.25) is 4.79 Å². The molecular formula is C33H26BrN3O4.